The summed E-state index contributed by atoms with van der Waals surface area (Å²) in [6.07, 6.45) is 2.29. The van der Waals surface area contributed by atoms with Crippen LogP contribution in [0.15, 0.2) is 18.2 Å². The summed E-state index contributed by atoms with van der Waals surface area (Å²) in [4.78, 5) is 13.9. The van der Waals surface area contributed by atoms with Crippen LogP contribution in [0.5, 0.6) is 0 Å². The largest absolute Gasteiger partial charge is 0.481 e. The van der Waals surface area contributed by atoms with E-state index in [0.717, 1.165) is 24.9 Å². The molecule has 1 saturated heterocycles. The maximum atomic E-state index is 11.7. The van der Waals surface area contributed by atoms with Gasteiger partial charge in [0.25, 0.3) is 0 Å². The molecule has 0 aliphatic carbocycles. The molecule has 0 amide bonds. The molecule has 1 N–H and O–H groups in total. The summed E-state index contributed by atoms with van der Waals surface area (Å²) in [5, 5.41) is 10.7. The van der Waals surface area contributed by atoms with Crippen molar-refractivity contribution in [2.75, 3.05) is 13.1 Å². The van der Waals surface area contributed by atoms with E-state index in [9.17, 15) is 9.90 Å². The summed E-state index contributed by atoms with van der Waals surface area (Å²) >= 11 is 12.4. The lowest BCUT2D eigenvalue weighted by Crippen LogP contribution is -2.35. The molecule has 2 rings (SSSR count). The Balaban J connectivity index is 2.20. The Hall–Kier alpha value is -0.770. The first-order chi connectivity index (χ1) is 9.91. The van der Waals surface area contributed by atoms with E-state index in [1.807, 2.05) is 19.1 Å². The molecule has 1 aliphatic rings. The zero-order valence-corrected chi connectivity index (χ0v) is 13.9. The summed E-state index contributed by atoms with van der Waals surface area (Å²) in [6.45, 7) is 5.43. The van der Waals surface area contributed by atoms with Crippen molar-refractivity contribution < 1.29 is 9.90 Å². The van der Waals surface area contributed by atoms with Gasteiger partial charge in [-0.05, 0) is 37.9 Å². The second-order valence-electron chi connectivity index (χ2n) is 5.87. The Morgan fingerprint density at radius 3 is 2.81 bits per heavy atom. The minimum Gasteiger partial charge on any atom is -0.481 e. The third-order valence-corrected chi connectivity index (χ3v) is 5.38. The van der Waals surface area contributed by atoms with Crippen molar-refractivity contribution in [3.63, 3.8) is 0 Å². The van der Waals surface area contributed by atoms with Gasteiger partial charge in [0.05, 0.1) is 15.5 Å². The summed E-state index contributed by atoms with van der Waals surface area (Å²) in [7, 11) is 0. The number of aliphatic carboxylic acids is 1. The lowest BCUT2D eigenvalue weighted by molar-refractivity contribution is -0.148. The molecule has 116 valence electrons. The zero-order valence-electron chi connectivity index (χ0n) is 12.4. The van der Waals surface area contributed by atoms with Crippen LogP contribution in [0.4, 0.5) is 0 Å². The van der Waals surface area contributed by atoms with Gasteiger partial charge in [-0.1, -0.05) is 48.7 Å². The molecule has 1 aromatic carbocycles. The van der Waals surface area contributed by atoms with Crippen LogP contribution in [0.25, 0.3) is 0 Å². The lowest BCUT2D eigenvalue weighted by atomic mass is 9.82. The van der Waals surface area contributed by atoms with Gasteiger partial charge in [0.1, 0.15) is 0 Å². The monoisotopic (exact) mass is 329 g/mol. The van der Waals surface area contributed by atoms with Crippen molar-refractivity contribution in [3.8, 4) is 0 Å². The second-order valence-corrected chi connectivity index (χ2v) is 6.66. The highest BCUT2D eigenvalue weighted by Gasteiger charge is 2.45. The number of nitrogens with zero attached hydrogens (tertiary/aromatic N) is 1. The maximum Gasteiger partial charge on any atom is 0.310 e. The summed E-state index contributed by atoms with van der Waals surface area (Å²) in [5.74, 6) is -0.684. The van der Waals surface area contributed by atoms with Crippen molar-refractivity contribution in [3.05, 3.63) is 33.8 Å². The third-order valence-electron chi connectivity index (χ3n) is 4.54. The highest BCUT2D eigenvalue weighted by Crippen LogP contribution is 2.41. The third kappa shape index (κ3) is 3.20. The Labute approximate surface area is 135 Å². The molecule has 21 heavy (non-hydrogen) atoms. The molecule has 0 saturated carbocycles. The fourth-order valence-corrected chi connectivity index (χ4v) is 3.70. The molecule has 1 fully saturated rings. The summed E-state index contributed by atoms with van der Waals surface area (Å²) < 4.78 is 0. The standard InChI is InChI=1S/C16H21Cl2NO2/c1-3-7-16(15(20)21)8-9-19(10-16)11(2)12-5-4-6-13(17)14(12)18/h4-6,11H,3,7-10H2,1-2H3,(H,20,21). The Morgan fingerprint density at radius 1 is 1.48 bits per heavy atom. The normalized spacial score (nSPS) is 24.2. The topological polar surface area (TPSA) is 40.5 Å². The predicted molar refractivity (Wildman–Crippen MR) is 86.0 cm³/mol. The fraction of sp³-hybridized carbons (Fsp3) is 0.562. The molecular weight excluding hydrogens is 309 g/mol. The van der Waals surface area contributed by atoms with Crippen molar-refractivity contribution in [1.29, 1.82) is 0 Å². The molecule has 5 heteroatoms. The molecular formula is C16H21Cl2NO2. The van der Waals surface area contributed by atoms with E-state index in [1.54, 1.807) is 6.07 Å². The van der Waals surface area contributed by atoms with Crippen LogP contribution in [0.1, 0.15) is 44.7 Å². The molecule has 0 aromatic heterocycles. The first-order valence-electron chi connectivity index (χ1n) is 7.32. The van der Waals surface area contributed by atoms with Gasteiger partial charge in [-0.2, -0.15) is 0 Å². The number of hydrogen-bond acceptors (Lipinski definition) is 2. The second kappa shape index (κ2) is 6.55. The van der Waals surface area contributed by atoms with Crippen molar-refractivity contribution >= 4 is 29.2 Å². The van der Waals surface area contributed by atoms with Crippen LogP contribution in [0.2, 0.25) is 10.0 Å². The highest BCUT2D eigenvalue weighted by molar-refractivity contribution is 6.42. The number of hydrogen-bond donors (Lipinski definition) is 1. The first kappa shape index (κ1) is 16.6. The first-order valence-corrected chi connectivity index (χ1v) is 8.08. The minimum absolute atomic E-state index is 0.0641. The van der Waals surface area contributed by atoms with Crippen molar-refractivity contribution in [2.24, 2.45) is 5.41 Å². The van der Waals surface area contributed by atoms with E-state index in [0.29, 0.717) is 23.0 Å². The van der Waals surface area contributed by atoms with Crippen LogP contribution in [-0.2, 0) is 4.79 Å². The van der Waals surface area contributed by atoms with Crippen LogP contribution < -0.4 is 0 Å². The number of rotatable bonds is 5. The van der Waals surface area contributed by atoms with Gasteiger partial charge in [0, 0.05) is 12.6 Å². The van der Waals surface area contributed by atoms with Gasteiger partial charge in [0.2, 0.25) is 0 Å². The van der Waals surface area contributed by atoms with E-state index in [4.69, 9.17) is 23.2 Å². The molecule has 0 radical (unpaired) electrons. The van der Waals surface area contributed by atoms with E-state index in [-0.39, 0.29) is 6.04 Å². The molecule has 2 unspecified atom stereocenters. The summed E-state index contributed by atoms with van der Waals surface area (Å²) in [6, 6.07) is 5.67. The maximum absolute atomic E-state index is 11.7. The molecule has 0 spiro atoms. The molecule has 1 aromatic rings. The Bertz CT molecular complexity index is 535. The van der Waals surface area contributed by atoms with Crippen LogP contribution in [0.3, 0.4) is 0 Å². The van der Waals surface area contributed by atoms with Gasteiger partial charge >= 0.3 is 5.97 Å². The zero-order chi connectivity index (χ0) is 15.6. The fourth-order valence-electron chi connectivity index (χ4n) is 3.24. The lowest BCUT2D eigenvalue weighted by Gasteiger charge is -2.28. The average molecular weight is 330 g/mol. The quantitative estimate of drug-likeness (QED) is 0.856. The molecule has 2 atom stereocenters. The average Bonchev–Trinajstić information content (AvgIpc) is 2.87. The number of carboxylic acids is 1. The minimum atomic E-state index is -0.684. The van der Waals surface area contributed by atoms with Gasteiger partial charge in [-0.25, -0.2) is 0 Å². The summed E-state index contributed by atoms with van der Waals surface area (Å²) in [5.41, 5.74) is 0.343. The van der Waals surface area contributed by atoms with Crippen molar-refractivity contribution in [1.82, 2.24) is 4.90 Å². The molecule has 3 nitrogen and oxygen atoms in total. The van der Waals surface area contributed by atoms with Gasteiger partial charge in [-0.15, -0.1) is 0 Å². The van der Waals surface area contributed by atoms with Crippen LogP contribution >= 0.6 is 23.2 Å². The van der Waals surface area contributed by atoms with Crippen LogP contribution in [0, 0.1) is 5.41 Å². The Kier molecular flexibility index (Phi) is 5.18. The number of likely N-dealkylation sites (tertiary alicyclic amines) is 1. The number of carboxylic acid groups (broad SMARTS) is 1. The van der Waals surface area contributed by atoms with Crippen molar-refractivity contribution in [2.45, 2.75) is 39.2 Å². The number of halogens is 2. The number of carbonyl (C=O) groups is 1. The van der Waals surface area contributed by atoms with E-state index in [1.165, 1.54) is 0 Å². The SMILES string of the molecule is CCCC1(C(=O)O)CCN(C(C)c2cccc(Cl)c2Cl)C1. The van der Waals surface area contributed by atoms with Gasteiger partial charge < -0.3 is 5.11 Å². The van der Waals surface area contributed by atoms with E-state index >= 15 is 0 Å². The van der Waals surface area contributed by atoms with Gasteiger partial charge in [0.15, 0.2) is 0 Å². The Morgan fingerprint density at radius 2 is 2.19 bits per heavy atom. The molecule has 1 heterocycles. The predicted octanol–water partition coefficient (Wildman–Crippen LogP) is 4.63. The number of benzene rings is 1. The smallest absolute Gasteiger partial charge is 0.310 e. The van der Waals surface area contributed by atoms with E-state index < -0.39 is 11.4 Å². The molecule has 1 aliphatic heterocycles. The molecule has 0 bridgehead atoms. The van der Waals surface area contributed by atoms with Gasteiger partial charge in [-0.3, -0.25) is 9.69 Å². The highest BCUT2D eigenvalue weighted by atomic mass is 35.5. The van der Waals surface area contributed by atoms with E-state index in [2.05, 4.69) is 11.8 Å². The van der Waals surface area contributed by atoms with Crippen LogP contribution in [-0.4, -0.2) is 29.1 Å².